The molecule has 1 atom stereocenters. The van der Waals surface area contributed by atoms with E-state index in [4.69, 9.17) is 5.73 Å². The Bertz CT molecular complexity index is 1050. The largest absolute Gasteiger partial charge is 0.366 e. The van der Waals surface area contributed by atoms with E-state index >= 15 is 0 Å². The van der Waals surface area contributed by atoms with Gasteiger partial charge in [-0.05, 0) is 43.7 Å². The standard InChI is InChI=1S/C20H23N5O2/c1-24-9-7-17(23-24)18-4-2-3-8-25(18)12-14-11-19(26)15-10-13(20(21)27)5-6-16(15)22-14/h5-7,9-11,18H,2-4,8,12H2,1H3,(H2,21,27)(H,22,26)/t18-/m1/s1. The highest BCUT2D eigenvalue weighted by atomic mass is 16.1. The third-order valence-corrected chi connectivity index (χ3v) is 5.23. The predicted octanol–water partition coefficient (Wildman–Crippen LogP) is 2.09. The molecule has 3 aromatic rings. The van der Waals surface area contributed by atoms with Gasteiger partial charge in [0.2, 0.25) is 5.91 Å². The molecule has 1 aliphatic rings. The van der Waals surface area contributed by atoms with Crippen molar-refractivity contribution in [3.8, 4) is 0 Å². The summed E-state index contributed by atoms with van der Waals surface area (Å²) >= 11 is 0. The number of fused-ring (bicyclic) bond motifs is 1. The highest BCUT2D eigenvalue weighted by molar-refractivity contribution is 5.96. The average molecular weight is 365 g/mol. The van der Waals surface area contributed by atoms with Crippen molar-refractivity contribution < 1.29 is 4.79 Å². The van der Waals surface area contributed by atoms with Crippen LogP contribution in [0.5, 0.6) is 0 Å². The Hall–Kier alpha value is -2.93. The summed E-state index contributed by atoms with van der Waals surface area (Å²) in [5.74, 6) is -0.535. The van der Waals surface area contributed by atoms with Crippen molar-refractivity contribution >= 4 is 16.8 Å². The number of hydrogen-bond acceptors (Lipinski definition) is 4. The van der Waals surface area contributed by atoms with Crippen LogP contribution in [0.25, 0.3) is 10.9 Å². The Morgan fingerprint density at radius 1 is 1.30 bits per heavy atom. The number of likely N-dealkylation sites (tertiary alicyclic amines) is 1. The number of rotatable bonds is 4. The topological polar surface area (TPSA) is 97.0 Å². The summed E-state index contributed by atoms with van der Waals surface area (Å²) in [6.45, 7) is 1.63. The fourth-order valence-electron chi connectivity index (χ4n) is 3.89. The molecule has 0 aliphatic carbocycles. The maximum Gasteiger partial charge on any atom is 0.248 e. The second-order valence-corrected chi connectivity index (χ2v) is 7.18. The summed E-state index contributed by atoms with van der Waals surface area (Å²) in [4.78, 5) is 29.6. The third kappa shape index (κ3) is 3.50. The Morgan fingerprint density at radius 2 is 2.15 bits per heavy atom. The van der Waals surface area contributed by atoms with Crippen LogP contribution >= 0.6 is 0 Å². The lowest BCUT2D eigenvalue weighted by atomic mass is 9.99. The fraction of sp³-hybridized carbons (Fsp3) is 0.350. The van der Waals surface area contributed by atoms with Gasteiger partial charge < -0.3 is 10.7 Å². The van der Waals surface area contributed by atoms with Gasteiger partial charge in [-0.3, -0.25) is 19.2 Å². The van der Waals surface area contributed by atoms with E-state index in [1.165, 1.54) is 6.42 Å². The van der Waals surface area contributed by atoms with E-state index in [1.807, 2.05) is 17.9 Å². The van der Waals surface area contributed by atoms with Crippen molar-refractivity contribution in [2.75, 3.05) is 6.54 Å². The van der Waals surface area contributed by atoms with Crippen molar-refractivity contribution in [1.29, 1.82) is 0 Å². The number of nitrogens with zero attached hydrogens (tertiary/aromatic N) is 3. The first kappa shape index (κ1) is 17.5. The Labute approximate surface area is 156 Å². The number of H-pyrrole nitrogens is 1. The number of aromatic nitrogens is 3. The third-order valence-electron chi connectivity index (χ3n) is 5.23. The quantitative estimate of drug-likeness (QED) is 0.740. The summed E-state index contributed by atoms with van der Waals surface area (Å²) in [5.41, 5.74) is 8.21. The van der Waals surface area contributed by atoms with Gasteiger partial charge in [0, 0.05) is 48.0 Å². The van der Waals surface area contributed by atoms with Gasteiger partial charge in [0.05, 0.1) is 11.7 Å². The number of pyridine rings is 1. The number of piperidine rings is 1. The zero-order valence-electron chi connectivity index (χ0n) is 15.3. The number of aryl methyl sites for hydroxylation is 1. The van der Waals surface area contributed by atoms with Crippen molar-refractivity contribution in [3.05, 3.63) is 63.7 Å². The van der Waals surface area contributed by atoms with Crippen LogP contribution in [0.4, 0.5) is 0 Å². The molecule has 0 unspecified atom stereocenters. The van der Waals surface area contributed by atoms with Gasteiger partial charge in [-0.25, -0.2) is 0 Å². The molecule has 140 valence electrons. The molecule has 2 aromatic heterocycles. The van der Waals surface area contributed by atoms with Crippen LogP contribution in [0.3, 0.4) is 0 Å². The van der Waals surface area contributed by atoms with Gasteiger partial charge in [-0.1, -0.05) is 6.42 Å². The number of benzene rings is 1. The van der Waals surface area contributed by atoms with Crippen LogP contribution in [0.1, 0.15) is 47.1 Å². The summed E-state index contributed by atoms with van der Waals surface area (Å²) in [6, 6.07) is 8.89. The van der Waals surface area contributed by atoms with E-state index in [9.17, 15) is 9.59 Å². The first-order chi connectivity index (χ1) is 13.0. The fourth-order valence-corrected chi connectivity index (χ4v) is 3.89. The van der Waals surface area contributed by atoms with E-state index in [1.54, 1.807) is 24.3 Å². The van der Waals surface area contributed by atoms with E-state index in [0.29, 0.717) is 23.0 Å². The van der Waals surface area contributed by atoms with Crippen LogP contribution in [-0.2, 0) is 13.6 Å². The zero-order valence-corrected chi connectivity index (χ0v) is 15.3. The summed E-state index contributed by atoms with van der Waals surface area (Å²) in [5, 5.41) is 5.06. The molecular formula is C20H23N5O2. The van der Waals surface area contributed by atoms with E-state index in [0.717, 1.165) is 30.8 Å². The maximum atomic E-state index is 12.6. The molecule has 4 rings (SSSR count). The van der Waals surface area contributed by atoms with Gasteiger partial charge in [-0.2, -0.15) is 5.10 Å². The van der Waals surface area contributed by atoms with Crippen molar-refractivity contribution in [3.63, 3.8) is 0 Å². The number of nitrogens with two attached hydrogens (primary N) is 1. The lowest BCUT2D eigenvalue weighted by molar-refractivity contribution is 0.100. The first-order valence-electron chi connectivity index (χ1n) is 9.20. The van der Waals surface area contributed by atoms with Gasteiger partial charge in [0.15, 0.2) is 5.43 Å². The number of hydrogen-bond donors (Lipinski definition) is 2. The van der Waals surface area contributed by atoms with Gasteiger partial charge in [-0.15, -0.1) is 0 Å². The smallest absolute Gasteiger partial charge is 0.248 e. The molecule has 0 spiro atoms. The maximum absolute atomic E-state index is 12.6. The minimum atomic E-state index is -0.535. The number of carbonyl (C=O) groups is 1. The first-order valence-corrected chi connectivity index (χ1v) is 9.20. The monoisotopic (exact) mass is 365 g/mol. The van der Waals surface area contributed by atoms with E-state index in [-0.39, 0.29) is 11.5 Å². The molecule has 3 N–H and O–H groups in total. The second kappa shape index (κ2) is 7.00. The Kier molecular flexibility index (Phi) is 4.53. The molecule has 0 radical (unpaired) electrons. The van der Waals surface area contributed by atoms with E-state index < -0.39 is 5.91 Å². The highest BCUT2D eigenvalue weighted by Crippen LogP contribution is 2.30. The normalized spacial score (nSPS) is 18.0. The van der Waals surface area contributed by atoms with Crippen LogP contribution in [0.2, 0.25) is 0 Å². The SMILES string of the molecule is Cn1ccc([C@H]2CCCCN2Cc2cc(=O)c3cc(C(N)=O)ccc3[nH]2)n1. The zero-order chi connectivity index (χ0) is 19.0. The molecule has 1 aromatic carbocycles. The molecule has 1 saturated heterocycles. The lowest BCUT2D eigenvalue weighted by Crippen LogP contribution is -2.33. The molecule has 7 nitrogen and oxygen atoms in total. The Balaban J connectivity index is 1.64. The minimum Gasteiger partial charge on any atom is -0.366 e. The van der Waals surface area contributed by atoms with Crippen LogP contribution in [0, 0.1) is 0 Å². The molecule has 1 amide bonds. The molecule has 0 bridgehead atoms. The molecule has 3 heterocycles. The molecule has 1 fully saturated rings. The summed E-state index contributed by atoms with van der Waals surface area (Å²) < 4.78 is 1.83. The molecule has 27 heavy (non-hydrogen) atoms. The summed E-state index contributed by atoms with van der Waals surface area (Å²) in [6.07, 6.45) is 5.36. The van der Waals surface area contributed by atoms with Crippen molar-refractivity contribution in [2.24, 2.45) is 12.8 Å². The van der Waals surface area contributed by atoms with Gasteiger partial charge in [0.25, 0.3) is 0 Å². The van der Waals surface area contributed by atoms with Gasteiger partial charge >= 0.3 is 0 Å². The summed E-state index contributed by atoms with van der Waals surface area (Å²) in [7, 11) is 1.93. The molecule has 0 saturated carbocycles. The van der Waals surface area contributed by atoms with Crippen molar-refractivity contribution in [1.82, 2.24) is 19.7 Å². The number of amides is 1. The molecule has 7 heteroatoms. The minimum absolute atomic E-state index is 0.103. The second-order valence-electron chi connectivity index (χ2n) is 7.18. The molecular weight excluding hydrogens is 342 g/mol. The van der Waals surface area contributed by atoms with Crippen LogP contribution in [-0.4, -0.2) is 32.1 Å². The predicted molar refractivity (Wildman–Crippen MR) is 103 cm³/mol. The van der Waals surface area contributed by atoms with E-state index in [2.05, 4.69) is 21.0 Å². The number of carbonyl (C=O) groups excluding carboxylic acids is 1. The van der Waals surface area contributed by atoms with Crippen molar-refractivity contribution in [2.45, 2.75) is 31.8 Å². The number of aromatic amines is 1. The van der Waals surface area contributed by atoms with Crippen LogP contribution < -0.4 is 11.2 Å². The Morgan fingerprint density at radius 3 is 2.89 bits per heavy atom. The number of nitrogens with one attached hydrogen (secondary N) is 1. The lowest BCUT2D eigenvalue weighted by Gasteiger charge is -2.34. The average Bonchev–Trinajstić information content (AvgIpc) is 3.08. The highest BCUT2D eigenvalue weighted by Gasteiger charge is 2.26. The van der Waals surface area contributed by atoms with Crippen LogP contribution in [0.15, 0.2) is 41.3 Å². The van der Waals surface area contributed by atoms with Gasteiger partial charge in [0.1, 0.15) is 0 Å². The molecule has 1 aliphatic heterocycles. The number of primary amides is 1.